The standard InChI is InChI=1S/C24H21ClN4O3/c1-31-21-9-5-3-7-18(21)23(30)28-12-14-29(15-13-28)24-20(16-26)27-22(32-24)11-10-17-6-2-4-8-19(17)25/h2-11H,12-15H2,1H3. The third-order valence-corrected chi connectivity index (χ3v) is 5.58. The number of anilines is 1. The van der Waals surface area contributed by atoms with Crippen LogP contribution in [-0.2, 0) is 0 Å². The highest BCUT2D eigenvalue weighted by Gasteiger charge is 2.27. The molecule has 0 N–H and O–H groups in total. The van der Waals surface area contributed by atoms with Crippen molar-refractivity contribution >= 4 is 35.5 Å². The highest BCUT2D eigenvalue weighted by molar-refractivity contribution is 6.32. The van der Waals surface area contributed by atoms with Crippen LogP contribution in [0.2, 0.25) is 5.02 Å². The van der Waals surface area contributed by atoms with Crippen LogP contribution in [0.5, 0.6) is 5.75 Å². The Bertz CT molecular complexity index is 1190. The predicted octanol–water partition coefficient (Wildman–Crippen LogP) is 4.34. The first kappa shape index (κ1) is 21.5. The average molecular weight is 449 g/mol. The Labute approximate surface area is 191 Å². The van der Waals surface area contributed by atoms with E-state index < -0.39 is 0 Å². The van der Waals surface area contributed by atoms with Crippen molar-refractivity contribution in [1.29, 1.82) is 5.26 Å². The largest absolute Gasteiger partial charge is 0.496 e. The molecule has 0 atom stereocenters. The number of halogens is 1. The van der Waals surface area contributed by atoms with E-state index in [0.717, 1.165) is 5.56 Å². The Hall–Kier alpha value is -3.76. The zero-order valence-electron chi connectivity index (χ0n) is 17.5. The summed E-state index contributed by atoms with van der Waals surface area (Å²) in [5.74, 6) is 1.21. The van der Waals surface area contributed by atoms with E-state index in [1.54, 1.807) is 42.4 Å². The number of para-hydroxylation sites is 1. The van der Waals surface area contributed by atoms with Crippen LogP contribution >= 0.6 is 11.6 Å². The lowest BCUT2D eigenvalue weighted by Gasteiger charge is -2.34. The zero-order valence-corrected chi connectivity index (χ0v) is 18.2. The van der Waals surface area contributed by atoms with Crippen molar-refractivity contribution in [2.75, 3.05) is 38.2 Å². The fourth-order valence-corrected chi connectivity index (χ4v) is 3.76. The number of nitrogens with zero attached hydrogens (tertiary/aromatic N) is 4. The smallest absolute Gasteiger partial charge is 0.257 e. The summed E-state index contributed by atoms with van der Waals surface area (Å²) in [6, 6.07) is 16.7. The Balaban J connectivity index is 1.46. The van der Waals surface area contributed by atoms with Gasteiger partial charge in [0.25, 0.3) is 5.91 Å². The van der Waals surface area contributed by atoms with E-state index in [1.807, 2.05) is 35.2 Å². The topological polar surface area (TPSA) is 82.6 Å². The minimum absolute atomic E-state index is 0.0801. The number of nitriles is 1. The molecular formula is C24H21ClN4O3. The maximum atomic E-state index is 12.9. The van der Waals surface area contributed by atoms with Crippen LogP contribution in [0.4, 0.5) is 5.88 Å². The summed E-state index contributed by atoms with van der Waals surface area (Å²) in [7, 11) is 1.55. The fraction of sp³-hybridized carbons (Fsp3) is 0.208. The summed E-state index contributed by atoms with van der Waals surface area (Å²) in [6.07, 6.45) is 3.48. The van der Waals surface area contributed by atoms with Crippen molar-refractivity contribution in [3.63, 3.8) is 0 Å². The van der Waals surface area contributed by atoms with E-state index >= 15 is 0 Å². The molecule has 0 bridgehead atoms. The molecule has 162 valence electrons. The van der Waals surface area contributed by atoms with Gasteiger partial charge in [-0.3, -0.25) is 4.79 Å². The van der Waals surface area contributed by atoms with Gasteiger partial charge in [0.2, 0.25) is 17.5 Å². The fourth-order valence-electron chi connectivity index (χ4n) is 3.56. The lowest BCUT2D eigenvalue weighted by molar-refractivity contribution is 0.0742. The van der Waals surface area contributed by atoms with Crippen molar-refractivity contribution < 1.29 is 13.9 Å². The van der Waals surface area contributed by atoms with Crippen molar-refractivity contribution in [3.05, 3.63) is 76.3 Å². The first-order chi connectivity index (χ1) is 15.6. The molecule has 0 spiro atoms. The van der Waals surface area contributed by atoms with Crippen LogP contribution in [0.15, 0.2) is 52.9 Å². The normalized spacial score (nSPS) is 13.9. The number of amides is 1. The van der Waals surface area contributed by atoms with Crippen LogP contribution in [0.25, 0.3) is 12.2 Å². The van der Waals surface area contributed by atoms with E-state index in [-0.39, 0.29) is 11.6 Å². The molecule has 8 heteroatoms. The number of methoxy groups -OCH3 is 1. The second-order valence-electron chi connectivity index (χ2n) is 7.15. The van der Waals surface area contributed by atoms with Crippen LogP contribution in [0.1, 0.15) is 27.5 Å². The van der Waals surface area contributed by atoms with Gasteiger partial charge >= 0.3 is 0 Å². The quantitative estimate of drug-likeness (QED) is 0.577. The SMILES string of the molecule is COc1ccccc1C(=O)N1CCN(c2oc(C=Cc3ccccc3Cl)nc2C#N)CC1. The van der Waals surface area contributed by atoms with Gasteiger partial charge in [-0.1, -0.05) is 41.9 Å². The van der Waals surface area contributed by atoms with Crippen LogP contribution in [-0.4, -0.2) is 49.1 Å². The number of piperazine rings is 1. The highest BCUT2D eigenvalue weighted by Crippen LogP contribution is 2.26. The first-order valence-corrected chi connectivity index (χ1v) is 10.5. The molecule has 2 heterocycles. The third kappa shape index (κ3) is 4.46. The molecule has 0 radical (unpaired) electrons. The predicted molar refractivity (Wildman–Crippen MR) is 123 cm³/mol. The van der Waals surface area contributed by atoms with E-state index in [9.17, 15) is 10.1 Å². The molecule has 1 amide bonds. The monoisotopic (exact) mass is 448 g/mol. The third-order valence-electron chi connectivity index (χ3n) is 5.23. The first-order valence-electron chi connectivity index (χ1n) is 10.1. The average Bonchev–Trinajstić information content (AvgIpc) is 3.26. The summed E-state index contributed by atoms with van der Waals surface area (Å²) >= 11 is 6.18. The molecule has 0 saturated carbocycles. The van der Waals surface area contributed by atoms with Crippen molar-refractivity contribution in [1.82, 2.24) is 9.88 Å². The second kappa shape index (κ2) is 9.58. The van der Waals surface area contributed by atoms with E-state index in [0.29, 0.717) is 54.3 Å². The Morgan fingerprint density at radius 2 is 1.84 bits per heavy atom. The van der Waals surface area contributed by atoms with Crippen LogP contribution in [0.3, 0.4) is 0 Å². The molecule has 2 aromatic carbocycles. The molecule has 4 rings (SSSR count). The summed E-state index contributed by atoms with van der Waals surface area (Å²) in [4.78, 5) is 20.9. The number of hydrogen-bond donors (Lipinski definition) is 0. The molecule has 3 aromatic rings. The molecule has 1 aromatic heterocycles. The second-order valence-corrected chi connectivity index (χ2v) is 7.56. The van der Waals surface area contributed by atoms with Crippen molar-refractivity contribution in [3.8, 4) is 11.8 Å². The number of carbonyl (C=O) groups excluding carboxylic acids is 1. The van der Waals surface area contributed by atoms with Gasteiger partial charge in [-0.25, -0.2) is 0 Å². The summed E-state index contributed by atoms with van der Waals surface area (Å²) < 4.78 is 11.2. The van der Waals surface area contributed by atoms with Crippen molar-refractivity contribution in [2.45, 2.75) is 0 Å². The molecule has 32 heavy (non-hydrogen) atoms. The van der Waals surface area contributed by atoms with Gasteiger partial charge in [0.1, 0.15) is 11.8 Å². The minimum Gasteiger partial charge on any atom is -0.496 e. The molecule has 1 aliphatic rings. The number of benzene rings is 2. The molecule has 1 fully saturated rings. The maximum Gasteiger partial charge on any atom is 0.257 e. The molecular weight excluding hydrogens is 428 g/mol. The van der Waals surface area contributed by atoms with Gasteiger partial charge in [0, 0.05) is 37.3 Å². The van der Waals surface area contributed by atoms with Gasteiger partial charge in [-0.05, 0) is 29.8 Å². The molecule has 1 aliphatic heterocycles. The number of aromatic nitrogens is 1. The van der Waals surface area contributed by atoms with Gasteiger partial charge in [-0.2, -0.15) is 10.2 Å². The lowest BCUT2D eigenvalue weighted by Crippen LogP contribution is -2.49. The van der Waals surface area contributed by atoms with E-state index in [2.05, 4.69) is 11.1 Å². The summed E-state index contributed by atoms with van der Waals surface area (Å²) in [6.45, 7) is 2.04. The van der Waals surface area contributed by atoms with Gasteiger partial charge in [-0.15, -0.1) is 0 Å². The lowest BCUT2D eigenvalue weighted by atomic mass is 10.1. The number of oxazole rings is 1. The van der Waals surface area contributed by atoms with Crippen molar-refractivity contribution in [2.24, 2.45) is 0 Å². The Kier molecular flexibility index (Phi) is 6.43. The van der Waals surface area contributed by atoms with E-state index in [4.69, 9.17) is 20.8 Å². The number of hydrogen-bond acceptors (Lipinski definition) is 6. The number of carbonyl (C=O) groups is 1. The minimum atomic E-state index is -0.0801. The zero-order chi connectivity index (χ0) is 22.5. The van der Waals surface area contributed by atoms with Crippen LogP contribution < -0.4 is 9.64 Å². The number of rotatable bonds is 5. The Morgan fingerprint density at radius 3 is 2.56 bits per heavy atom. The molecule has 7 nitrogen and oxygen atoms in total. The van der Waals surface area contributed by atoms with Gasteiger partial charge < -0.3 is 19.0 Å². The molecule has 0 unspecified atom stereocenters. The van der Waals surface area contributed by atoms with Gasteiger partial charge in [0.05, 0.1) is 12.7 Å². The highest BCUT2D eigenvalue weighted by atomic mass is 35.5. The van der Waals surface area contributed by atoms with Crippen LogP contribution in [0, 0.1) is 11.3 Å². The number of ether oxygens (including phenoxy) is 1. The Morgan fingerprint density at radius 1 is 1.12 bits per heavy atom. The van der Waals surface area contributed by atoms with E-state index in [1.165, 1.54) is 0 Å². The summed E-state index contributed by atoms with van der Waals surface area (Å²) in [5.41, 5.74) is 1.58. The summed E-state index contributed by atoms with van der Waals surface area (Å²) in [5, 5.41) is 10.1. The maximum absolute atomic E-state index is 12.9. The van der Waals surface area contributed by atoms with Gasteiger partial charge in [0.15, 0.2) is 0 Å². The molecule has 0 aliphatic carbocycles. The molecule has 1 saturated heterocycles.